The van der Waals surface area contributed by atoms with E-state index in [1.54, 1.807) is 0 Å². The van der Waals surface area contributed by atoms with Gasteiger partial charge < -0.3 is 9.80 Å². The molecule has 5 heteroatoms. The van der Waals surface area contributed by atoms with Crippen LogP contribution >= 0.6 is 0 Å². The Morgan fingerprint density at radius 3 is 1.25 bits per heavy atom. The third kappa shape index (κ3) is 8.27. The van der Waals surface area contributed by atoms with Crippen LogP contribution in [0.3, 0.4) is 0 Å². The summed E-state index contributed by atoms with van der Waals surface area (Å²) in [6.45, 7) is 4.13. The van der Waals surface area contributed by atoms with E-state index in [2.05, 4.69) is 258 Å². The molecule has 0 aliphatic heterocycles. The summed E-state index contributed by atoms with van der Waals surface area (Å²) in [5.41, 5.74) is 20.4. The van der Waals surface area contributed by atoms with Crippen molar-refractivity contribution in [1.29, 1.82) is 0 Å². The minimum atomic E-state index is 0.906. The first-order valence-corrected chi connectivity index (χ1v) is 22.7. The first-order valence-electron chi connectivity index (χ1n) is 22.7. The van der Waals surface area contributed by atoms with E-state index in [0.29, 0.717) is 0 Å². The van der Waals surface area contributed by atoms with Gasteiger partial charge in [-0.05, 0) is 132 Å². The van der Waals surface area contributed by atoms with Crippen LogP contribution in [0.4, 0.5) is 34.1 Å². The third-order valence-corrected chi connectivity index (χ3v) is 12.4. The van der Waals surface area contributed by atoms with Crippen LogP contribution in [-0.4, -0.2) is 14.4 Å². The Kier molecular flexibility index (Phi) is 11.0. The summed E-state index contributed by atoms with van der Waals surface area (Å²) < 4.78 is 2.19. The molecule has 0 bridgehead atoms. The van der Waals surface area contributed by atoms with E-state index < -0.39 is 0 Å². The lowest BCUT2D eigenvalue weighted by Gasteiger charge is -2.27. The van der Waals surface area contributed by atoms with Crippen LogP contribution in [0.1, 0.15) is 11.4 Å². The molecule has 0 atom stereocenters. The number of nitrogens with zero attached hydrogens (tertiary/aromatic N) is 5. The number of fused-ring (bicyclic) bond motifs is 1. The molecule has 5 nitrogen and oxygen atoms in total. The second-order valence-corrected chi connectivity index (χ2v) is 16.8. The van der Waals surface area contributed by atoms with Gasteiger partial charge >= 0.3 is 0 Å². The Morgan fingerprint density at radius 2 is 0.761 bits per heavy atom. The number of anilines is 6. The van der Waals surface area contributed by atoms with Crippen LogP contribution in [-0.2, 0) is 0 Å². The predicted molar refractivity (Wildman–Crippen MR) is 279 cm³/mol. The van der Waals surface area contributed by atoms with Gasteiger partial charge in [-0.3, -0.25) is 9.38 Å². The summed E-state index contributed by atoms with van der Waals surface area (Å²) in [6, 6.07) is 86.2. The Bertz CT molecular complexity index is 3350. The highest BCUT2D eigenvalue weighted by atomic mass is 15.2. The molecule has 11 aromatic rings. The van der Waals surface area contributed by atoms with E-state index in [-0.39, 0.29) is 0 Å². The number of aryl methyl sites for hydroxylation is 2. The Hall–Kier alpha value is -8.80. The zero-order chi connectivity index (χ0) is 45.1. The van der Waals surface area contributed by atoms with Crippen molar-refractivity contribution < 1.29 is 0 Å². The van der Waals surface area contributed by atoms with Crippen molar-refractivity contribution in [2.45, 2.75) is 13.8 Å². The summed E-state index contributed by atoms with van der Waals surface area (Å²) in [6.07, 6.45) is 2.10. The lowest BCUT2D eigenvalue weighted by Crippen LogP contribution is -2.12. The number of rotatable bonds is 11. The summed E-state index contributed by atoms with van der Waals surface area (Å²) in [7, 11) is 0. The Labute approximate surface area is 392 Å². The van der Waals surface area contributed by atoms with Gasteiger partial charge in [0.25, 0.3) is 0 Å². The average Bonchev–Trinajstić information content (AvgIpc) is 3.79. The Morgan fingerprint density at radius 1 is 0.328 bits per heavy atom. The number of benzene rings is 8. The van der Waals surface area contributed by atoms with Gasteiger partial charge in [0.1, 0.15) is 5.65 Å². The number of hydrogen-bond acceptors (Lipinski definition) is 4. The fourth-order valence-corrected chi connectivity index (χ4v) is 9.12. The highest BCUT2D eigenvalue weighted by Crippen LogP contribution is 2.42. The minimum absolute atomic E-state index is 0.906. The van der Waals surface area contributed by atoms with Crippen molar-refractivity contribution in [3.8, 4) is 55.9 Å². The monoisotopic (exact) mass is 861 g/mol. The lowest BCUT2D eigenvalue weighted by atomic mass is 10.0. The van der Waals surface area contributed by atoms with Gasteiger partial charge in [-0.2, -0.15) is 0 Å². The van der Waals surface area contributed by atoms with Crippen molar-refractivity contribution in [1.82, 2.24) is 14.4 Å². The molecule has 3 aromatic heterocycles. The van der Waals surface area contributed by atoms with E-state index >= 15 is 0 Å². The van der Waals surface area contributed by atoms with Crippen LogP contribution in [0, 0.1) is 13.8 Å². The maximum atomic E-state index is 5.12. The standard InChI is InChI=1S/C62H47N5/c1-44-24-41-59(45(2)63-44)67(58-22-14-21-53(43-58)62-61(52-19-10-5-11-20-52)64-60-23-12-13-42-65(60)62)57-39-31-51(32-40-57)50-29-37-56(38-30-50)66(54-33-25-48(26-34-54)46-15-6-3-7-16-46)55-35-27-49(28-36-55)47-17-8-4-9-18-47/h3-43H,1-2H3. The van der Waals surface area contributed by atoms with Gasteiger partial charge in [-0.25, -0.2) is 4.98 Å². The molecule has 8 aromatic carbocycles. The smallest absolute Gasteiger partial charge is 0.137 e. The molecule has 3 heterocycles. The molecule has 0 aliphatic carbocycles. The summed E-state index contributed by atoms with van der Waals surface area (Å²) in [4.78, 5) is 14.7. The summed E-state index contributed by atoms with van der Waals surface area (Å²) >= 11 is 0. The Balaban J connectivity index is 0.938. The molecular formula is C62H47N5. The topological polar surface area (TPSA) is 36.7 Å². The van der Waals surface area contributed by atoms with Crippen LogP contribution in [0.15, 0.2) is 249 Å². The van der Waals surface area contributed by atoms with Crippen LogP contribution in [0.2, 0.25) is 0 Å². The van der Waals surface area contributed by atoms with Gasteiger partial charge in [0.2, 0.25) is 0 Å². The fourth-order valence-electron chi connectivity index (χ4n) is 9.12. The van der Waals surface area contributed by atoms with Gasteiger partial charge in [0, 0.05) is 51.5 Å². The van der Waals surface area contributed by atoms with Crippen LogP contribution < -0.4 is 9.80 Å². The quantitative estimate of drug-likeness (QED) is 0.130. The van der Waals surface area contributed by atoms with Crippen molar-refractivity contribution in [2.75, 3.05) is 9.80 Å². The third-order valence-electron chi connectivity index (χ3n) is 12.4. The molecule has 0 unspecified atom stereocenters. The highest BCUT2D eigenvalue weighted by molar-refractivity contribution is 5.87. The molecule has 11 rings (SSSR count). The van der Waals surface area contributed by atoms with E-state index in [0.717, 1.165) is 84.8 Å². The van der Waals surface area contributed by atoms with E-state index in [1.165, 1.54) is 22.3 Å². The van der Waals surface area contributed by atoms with Crippen molar-refractivity contribution >= 4 is 39.8 Å². The van der Waals surface area contributed by atoms with E-state index in [1.807, 2.05) is 19.1 Å². The zero-order valence-electron chi connectivity index (χ0n) is 37.4. The van der Waals surface area contributed by atoms with Crippen LogP contribution in [0.25, 0.3) is 61.5 Å². The van der Waals surface area contributed by atoms with Gasteiger partial charge in [0.05, 0.1) is 22.8 Å². The van der Waals surface area contributed by atoms with Crippen molar-refractivity contribution in [3.63, 3.8) is 0 Å². The molecule has 0 aliphatic rings. The first kappa shape index (κ1) is 40.9. The average molecular weight is 862 g/mol. The number of imidazole rings is 1. The first-order chi connectivity index (χ1) is 33.0. The zero-order valence-corrected chi connectivity index (χ0v) is 37.4. The molecule has 67 heavy (non-hydrogen) atoms. The maximum absolute atomic E-state index is 5.12. The number of aromatic nitrogens is 3. The predicted octanol–water partition coefficient (Wildman–Crippen LogP) is 16.6. The molecular weight excluding hydrogens is 815 g/mol. The number of pyridine rings is 2. The minimum Gasteiger partial charge on any atom is -0.311 e. The van der Waals surface area contributed by atoms with Gasteiger partial charge in [-0.1, -0.05) is 158 Å². The molecule has 0 spiro atoms. The van der Waals surface area contributed by atoms with Gasteiger partial charge in [0.15, 0.2) is 0 Å². The molecule has 320 valence electrons. The molecule has 0 N–H and O–H groups in total. The maximum Gasteiger partial charge on any atom is 0.137 e. The van der Waals surface area contributed by atoms with Crippen LogP contribution in [0.5, 0.6) is 0 Å². The molecule has 0 radical (unpaired) electrons. The summed E-state index contributed by atoms with van der Waals surface area (Å²) in [5.74, 6) is 0. The van der Waals surface area contributed by atoms with E-state index in [4.69, 9.17) is 9.97 Å². The summed E-state index contributed by atoms with van der Waals surface area (Å²) in [5, 5.41) is 0. The van der Waals surface area contributed by atoms with Crippen molar-refractivity contribution in [3.05, 3.63) is 260 Å². The molecule has 0 saturated carbocycles. The van der Waals surface area contributed by atoms with Crippen molar-refractivity contribution in [2.24, 2.45) is 0 Å². The normalized spacial score (nSPS) is 11.1. The molecule has 0 saturated heterocycles. The fraction of sp³-hybridized carbons (Fsp3) is 0.0323. The van der Waals surface area contributed by atoms with E-state index in [9.17, 15) is 0 Å². The lowest BCUT2D eigenvalue weighted by molar-refractivity contribution is 1.10. The number of hydrogen-bond donors (Lipinski definition) is 0. The largest absolute Gasteiger partial charge is 0.311 e. The molecule has 0 amide bonds. The molecule has 0 fully saturated rings. The SMILES string of the molecule is Cc1ccc(N(c2ccc(-c3ccc(N(c4ccc(-c5ccccc5)cc4)c4ccc(-c5ccccc5)cc4)cc3)cc2)c2cccc(-c3c(-c4ccccc4)nc4ccccn34)c2)c(C)n1. The highest BCUT2D eigenvalue weighted by Gasteiger charge is 2.21. The second kappa shape index (κ2) is 18.0. The van der Waals surface area contributed by atoms with Gasteiger partial charge in [-0.15, -0.1) is 0 Å². The second-order valence-electron chi connectivity index (χ2n) is 16.8.